The molecule has 3 aromatic heterocycles. The summed E-state index contributed by atoms with van der Waals surface area (Å²) in [5.41, 5.74) is 2.42. The second kappa shape index (κ2) is 7.86. The molecule has 4 aromatic rings. The Morgan fingerprint density at radius 1 is 1.29 bits per heavy atom. The summed E-state index contributed by atoms with van der Waals surface area (Å²) in [5, 5.41) is 9.37. The minimum atomic E-state index is -0.162. The first-order valence-corrected chi connectivity index (χ1v) is 10.5. The van der Waals surface area contributed by atoms with Crippen molar-refractivity contribution in [3.05, 3.63) is 52.6 Å². The molecule has 1 amide bonds. The highest BCUT2D eigenvalue weighted by Gasteiger charge is 2.15. The Balaban J connectivity index is 1.53. The van der Waals surface area contributed by atoms with E-state index < -0.39 is 0 Å². The molecule has 0 saturated heterocycles. The maximum atomic E-state index is 12.6. The largest absolute Gasteiger partial charge is 0.323 e. The summed E-state index contributed by atoms with van der Waals surface area (Å²) < 4.78 is 1.57. The van der Waals surface area contributed by atoms with Gasteiger partial charge in [0.05, 0.1) is 17.1 Å². The molecule has 0 bridgehead atoms. The number of aryl methyl sites for hydroxylation is 2. The van der Waals surface area contributed by atoms with Crippen molar-refractivity contribution in [1.82, 2.24) is 24.7 Å². The van der Waals surface area contributed by atoms with Gasteiger partial charge >= 0.3 is 0 Å². The summed E-state index contributed by atoms with van der Waals surface area (Å²) in [6, 6.07) is 5.21. The van der Waals surface area contributed by atoms with Crippen molar-refractivity contribution in [2.45, 2.75) is 18.9 Å². The SMILES string of the molecule is Cc1sc2ncnc(SCC(=O)Nc3cc(Cl)ccc3-n3cncn3)c2c1C. The fourth-order valence-corrected chi connectivity index (χ4v) is 4.81. The number of hydrogen-bond acceptors (Lipinski definition) is 7. The van der Waals surface area contributed by atoms with Crippen molar-refractivity contribution in [3.63, 3.8) is 0 Å². The minimum Gasteiger partial charge on any atom is -0.323 e. The number of rotatable bonds is 5. The summed E-state index contributed by atoms with van der Waals surface area (Å²) in [5.74, 6) is 0.0500. The average Bonchev–Trinajstić information content (AvgIpc) is 3.29. The van der Waals surface area contributed by atoms with Gasteiger partial charge in [-0.15, -0.1) is 11.3 Å². The van der Waals surface area contributed by atoms with Crippen LogP contribution >= 0.6 is 34.7 Å². The van der Waals surface area contributed by atoms with Gasteiger partial charge in [-0.2, -0.15) is 5.10 Å². The van der Waals surface area contributed by atoms with Crippen molar-refractivity contribution >= 4 is 56.5 Å². The third-order valence-electron chi connectivity index (χ3n) is 4.17. The Morgan fingerprint density at radius 3 is 2.93 bits per heavy atom. The lowest BCUT2D eigenvalue weighted by Gasteiger charge is -2.11. The molecule has 0 saturated carbocycles. The van der Waals surface area contributed by atoms with E-state index in [0.717, 1.165) is 20.8 Å². The van der Waals surface area contributed by atoms with E-state index in [1.165, 1.54) is 29.3 Å². The van der Waals surface area contributed by atoms with Crippen LogP contribution in [-0.4, -0.2) is 36.4 Å². The van der Waals surface area contributed by atoms with Crippen molar-refractivity contribution in [3.8, 4) is 5.69 Å². The maximum Gasteiger partial charge on any atom is 0.234 e. The second-order valence-electron chi connectivity index (χ2n) is 5.98. The number of halogens is 1. The van der Waals surface area contributed by atoms with Crippen LogP contribution in [0.3, 0.4) is 0 Å². The molecule has 10 heteroatoms. The normalized spacial score (nSPS) is 11.1. The first-order valence-electron chi connectivity index (χ1n) is 8.31. The molecule has 7 nitrogen and oxygen atoms in total. The van der Waals surface area contributed by atoms with E-state index in [0.29, 0.717) is 16.4 Å². The standard InChI is InChI=1S/C18H15ClN6OS2/c1-10-11(2)28-18-16(10)17(21-8-22-18)27-6-15(26)24-13-5-12(19)3-4-14(13)25-9-20-7-23-25/h3-5,7-9H,6H2,1-2H3,(H,24,26). The lowest BCUT2D eigenvalue weighted by Crippen LogP contribution is -2.16. The van der Waals surface area contributed by atoms with Crippen molar-refractivity contribution < 1.29 is 4.79 Å². The van der Waals surface area contributed by atoms with Gasteiger partial charge in [-0.1, -0.05) is 23.4 Å². The minimum absolute atomic E-state index is 0.162. The van der Waals surface area contributed by atoms with Crippen LogP contribution in [0.5, 0.6) is 0 Å². The summed E-state index contributed by atoms with van der Waals surface area (Å²) in [4.78, 5) is 27.4. The highest BCUT2D eigenvalue weighted by atomic mass is 35.5. The van der Waals surface area contributed by atoms with Gasteiger partial charge in [0.15, 0.2) is 0 Å². The van der Waals surface area contributed by atoms with Crippen LogP contribution in [0.4, 0.5) is 5.69 Å². The average molecular weight is 431 g/mol. The van der Waals surface area contributed by atoms with E-state index in [2.05, 4.69) is 39.2 Å². The summed E-state index contributed by atoms with van der Waals surface area (Å²) in [6.07, 6.45) is 4.53. The first-order chi connectivity index (χ1) is 13.5. The fraction of sp³-hybridized carbons (Fsp3) is 0.167. The number of hydrogen-bond donors (Lipinski definition) is 1. The Morgan fingerprint density at radius 2 is 2.14 bits per heavy atom. The topological polar surface area (TPSA) is 85.6 Å². The predicted octanol–water partition coefficient (Wildman–Crippen LogP) is 4.27. The van der Waals surface area contributed by atoms with Crippen LogP contribution < -0.4 is 5.32 Å². The Hall–Kier alpha value is -2.49. The highest BCUT2D eigenvalue weighted by Crippen LogP contribution is 2.34. The summed E-state index contributed by atoms with van der Waals surface area (Å²) in [6.45, 7) is 4.12. The highest BCUT2D eigenvalue weighted by molar-refractivity contribution is 8.00. The Bertz CT molecular complexity index is 1160. The van der Waals surface area contributed by atoms with Crippen molar-refractivity contribution in [2.75, 3.05) is 11.1 Å². The number of nitrogens with zero attached hydrogens (tertiary/aromatic N) is 5. The molecule has 0 radical (unpaired) electrons. The Labute approximate surface area is 174 Å². The molecule has 28 heavy (non-hydrogen) atoms. The first kappa shape index (κ1) is 18.9. The van der Waals surface area contributed by atoms with Crippen molar-refractivity contribution in [1.29, 1.82) is 0 Å². The lowest BCUT2D eigenvalue weighted by molar-refractivity contribution is -0.113. The molecule has 0 spiro atoms. The van der Waals surface area contributed by atoms with Crippen LogP contribution in [0.25, 0.3) is 15.9 Å². The van der Waals surface area contributed by atoms with Crippen LogP contribution in [-0.2, 0) is 4.79 Å². The molecule has 142 valence electrons. The van der Waals surface area contributed by atoms with Crippen LogP contribution in [0.15, 0.2) is 42.2 Å². The number of thioether (sulfide) groups is 1. The monoisotopic (exact) mass is 430 g/mol. The quantitative estimate of drug-likeness (QED) is 0.376. The summed E-state index contributed by atoms with van der Waals surface area (Å²) in [7, 11) is 0. The predicted molar refractivity (Wildman–Crippen MR) is 113 cm³/mol. The van der Waals surface area contributed by atoms with Gasteiger partial charge in [-0.05, 0) is 37.6 Å². The van der Waals surface area contributed by atoms with Crippen LogP contribution in [0, 0.1) is 13.8 Å². The number of thiophene rings is 1. The number of benzene rings is 1. The Kier molecular flexibility index (Phi) is 5.29. The molecule has 0 aliphatic heterocycles. The zero-order valence-corrected chi connectivity index (χ0v) is 17.4. The van der Waals surface area contributed by atoms with E-state index in [9.17, 15) is 4.79 Å². The fourth-order valence-electron chi connectivity index (χ4n) is 2.72. The molecule has 1 aromatic carbocycles. The number of aromatic nitrogens is 5. The molecule has 4 rings (SSSR count). The van der Waals surface area contributed by atoms with Gasteiger partial charge in [-0.25, -0.2) is 19.6 Å². The molecule has 1 N–H and O–H groups in total. The van der Waals surface area contributed by atoms with Crippen molar-refractivity contribution in [2.24, 2.45) is 0 Å². The third kappa shape index (κ3) is 3.73. The molecular weight excluding hydrogens is 416 g/mol. The molecule has 0 atom stereocenters. The number of fused-ring (bicyclic) bond motifs is 1. The molecule has 3 heterocycles. The molecule has 0 aliphatic carbocycles. The second-order valence-corrected chi connectivity index (χ2v) is 8.58. The van der Waals surface area contributed by atoms with Gasteiger partial charge in [0, 0.05) is 15.3 Å². The lowest BCUT2D eigenvalue weighted by atomic mass is 10.2. The van der Waals surface area contributed by atoms with Gasteiger partial charge in [-0.3, -0.25) is 4.79 Å². The molecular formula is C18H15ClN6OS2. The van der Waals surface area contributed by atoms with Gasteiger partial charge in [0.1, 0.15) is 28.8 Å². The van der Waals surface area contributed by atoms with E-state index >= 15 is 0 Å². The number of anilines is 1. The number of nitrogens with one attached hydrogen (secondary N) is 1. The van der Waals surface area contributed by atoms with E-state index in [1.54, 1.807) is 40.5 Å². The molecule has 0 fully saturated rings. The smallest absolute Gasteiger partial charge is 0.234 e. The van der Waals surface area contributed by atoms with E-state index in [1.807, 2.05) is 0 Å². The van der Waals surface area contributed by atoms with Gasteiger partial charge in [0.2, 0.25) is 5.91 Å². The van der Waals surface area contributed by atoms with E-state index in [-0.39, 0.29) is 11.7 Å². The van der Waals surface area contributed by atoms with Gasteiger partial charge in [0.25, 0.3) is 0 Å². The van der Waals surface area contributed by atoms with Crippen LogP contribution in [0.1, 0.15) is 10.4 Å². The maximum absolute atomic E-state index is 12.6. The molecule has 0 aliphatic rings. The third-order valence-corrected chi connectivity index (χ3v) is 6.51. The molecule has 0 unspecified atom stereocenters. The van der Waals surface area contributed by atoms with Crippen LogP contribution in [0.2, 0.25) is 5.02 Å². The van der Waals surface area contributed by atoms with Gasteiger partial charge < -0.3 is 5.32 Å². The zero-order valence-electron chi connectivity index (χ0n) is 15.0. The summed E-state index contributed by atoms with van der Waals surface area (Å²) >= 11 is 9.13. The number of carbonyl (C=O) groups is 1. The number of carbonyl (C=O) groups excluding carboxylic acids is 1. The zero-order chi connectivity index (χ0) is 19.7. The van der Waals surface area contributed by atoms with E-state index in [4.69, 9.17) is 11.6 Å². The number of amides is 1.